The average Bonchev–Trinajstić information content (AvgIpc) is 2.21. The van der Waals surface area contributed by atoms with Crippen molar-refractivity contribution in [3.05, 3.63) is 0 Å². The molecule has 1 aliphatic rings. The summed E-state index contributed by atoms with van der Waals surface area (Å²) < 4.78 is 10.0. The van der Waals surface area contributed by atoms with E-state index >= 15 is 0 Å². The first kappa shape index (κ1) is 11.8. The van der Waals surface area contributed by atoms with Crippen LogP contribution in [0.3, 0.4) is 0 Å². The first-order valence-corrected chi connectivity index (χ1v) is 4.41. The number of aliphatic hydroxyl groups is 4. The van der Waals surface area contributed by atoms with Gasteiger partial charge in [0.2, 0.25) is 0 Å². The lowest BCUT2D eigenvalue weighted by Crippen LogP contribution is -2.57. The molecule has 1 fully saturated rings. The maximum atomic E-state index is 9.56. The average molecular weight is 208 g/mol. The van der Waals surface area contributed by atoms with E-state index in [-0.39, 0.29) is 6.61 Å². The molecule has 0 aromatic rings. The number of methoxy groups -OCH3 is 1. The van der Waals surface area contributed by atoms with E-state index in [1.807, 2.05) is 0 Å². The minimum Gasteiger partial charge on any atom is -0.396 e. The summed E-state index contributed by atoms with van der Waals surface area (Å²) in [6, 6.07) is 0. The molecule has 84 valence electrons. The Morgan fingerprint density at radius 3 is 2.21 bits per heavy atom. The molecule has 1 aliphatic heterocycles. The third-order valence-electron chi connectivity index (χ3n) is 2.45. The zero-order valence-corrected chi connectivity index (χ0v) is 7.91. The van der Waals surface area contributed by atoms with Gasteiger partial charge in [0.05, 0.1) is 25.2 Å². The lowest BCUT2D eigenvalue weighted by atomic mass is 9.91. The van der Waals surface area contributed by atoms with Crippen LogP contribution in [0.2, 0.25) is 0 Å². The topological polar surface area (TPSA) is 99.4 Å². The Bertz CT molecular complexity index is 173. The first-order chi connectivity index (χ1) is 6.65. The maximum absolute atomic E-state index is 9.56. The molecule has 0 aliphatic carbocycles. The van der Waals surface area contributed by atoms with Crippen LogP contribution < -0.4 is 0 Å². The fraction of sp³-hybridized carbons (Fsp3) is 1.00. The third-order valence-corrected chi connectivity index (χ3v) is 2.45. The Morgan fingerprint density at radius 2 is 1.79 bits per heavy atom. The Labute approximate surface area is 81.7 Å². The van der Waals surface area contributed by atoms with E-state index in [0.717, 1.165) is 0 Å². The highest BCUT2D eigenvalue weighted by atomic mass is 16.7. The zero-order chi connectivity index (χ0) is 10.7. The van der Waals surface area contributed by atoms with E-state index < -0.39 is 37.1 Å². The van der Waals surface area contributed by atoms with Crippen LogP contribution in [0.1, 0.15) is 0 Å². The van der Waals surface area contributed by atoms with E-state index in [2.05, 4.69) is 0 Å². The van der Waals surface area contributed by atoms with Crippen LogP contribution in [0.5, 0.6) is 0 Å². The van der Waals surface area contributed by atoms with Crippen molar-refractivity contribution in [2.75, 3.05) is 20.3 Å². The number of hydrogen-bond acceptors (Lipinski definition) is 6. The van der Waals surface area contributed by atoms with Gasteiger partial charge in [-0.05, 0) is 0 Å². The summed E-state index contributed by atoms with van der Waals surface area (Å²) >= 11 is 0. The second kappa shape index (κ2) is 5.01. The Morgan fingerprint density at radius 1 is 1.14 bits per heavy atom. The molecule has 0 saturated carbocycles. The molecule has 6 nitrogen and oxygen atoms in total. The molecule has 0 unspecified atom stereocenters. The van der Waals surface area contributed by atoms with Crippen molar-refractivity contribution in [1.29, 1.82) is 0 Å². The van der Waals surface area contributed by atoms with E-state index in [9.17, 15) is 10.2 Å². The van der Waals surface area contributed by atoms with Crippen molar-refractivity contribution < 1.29 is 29.9 Å². The van der Waals surface area contributed by atoms with E-state index in [1.165, 1.54) is 7.11 Å². The molecule has 5 atom stereocenters. The number of aliphatic hydroxyl groups excluding tert-OH is 4. The highest BCUT2D eigenvalue weighted by Crippen LogP contribution is 2.26. The SMILES string of the molecule is CO[C@H]1O[C@@H](CO)[C@H](O)[C@H](O)[C@@H]1CO. The summed E-state index contributed by atoms with van der Waals surface area (Å²) in [6.07, 6.45) is -4.05. The highest BCUT2D eigenvalue weighted by molar-refractivity contribution is 4.88. The quantitative estimate of drug-likeness (QED) is 0.415. The van der Waals surface area contributed by atoms with Crippen molar-refractivity contribution in [2.45, 2.75) is 24.6 Å². The molecule has 0 aromatic carbocycles. The number of hydrogen-bond donors (Lipinski definition) is 4. The van der Waals surface area contributed by atoms with E-state index in [0.29, 0.717) is 0 Å². The van der Waals surface area contributed by atoms with E-state index in [4.69, 9.17) is 19.7 Å². The highest BCUT2D eigenvalue weighted by Gasteiger charge is 2.43. The Balaban J connectivity index is 2.71. The number of rotatable bonds is 3. The second-order valence-corrected chi connectivity index (χ2v) is 3.29. The predicted molar refractivity (Wildman–Crippen MR) is 45.3 cm³/mol. The second-order valence-electron chi connectivity index (χ2n) is 3.29. The van der Waals surface area contributed by atoms with Crippen LogP contribution in [-0.4, -0.2) is 65.4 Å². The molecular formula is C8H16O6. The van der Waals surface area contributed by atoms with E-state index in [1.54, 1.807) is 0 Å². The lowest BCUT2D eigenvalue weighted by Gasteiger charge is -2.40. The summed E-state index contributed by atoms with van der Waals surface area (Å²) in [6.45, 7) is -0.759. The molecular weight excluding hydrogens is 192 g/mol. The van der Waals surface area contributed by atoms with Crippen LogP contribution in [-0.2, 0) is 9.47 Å². The molecule has 0 bridgehead atoms. The normalized spacial score (nSPS) is 43.9. The van der Waals surface area contributed by atoms with Crippen molar-refractivity contribution in [1.82, 2.24) is 0 Å². The third kappa shape index (κ3) is 2.05. The fourth-order valence-corrected chi connectivity index (χ4v) is 1.56. The summed E-state index contributed by atoms with van der Waals surface area (Å²) in [5, 5.41) is 36.8. The molecule has 0 aromatic heterocycles. The van der Waals surface area contributed by atoms with Gasteiger partial charge in [-0.1, -0.05) is 0 Å². The van der Waals surface area contributed by atoms with Crippen LogP contribution in [0, 0.1) is 5.92 Å². The van der Waals surface area contributed by atoms with Crippen molar-refractivity contribution in [3.63, 3.8) is 0 Å². The van der Waals surface area contributed by atoms with Gasteiger partial charge < -0.3 is 29.9 Å². The van der Waals surface area contributed by atoms with Crippen LogP contribution >= 0.6 is 0 Å². The van der Waals surface area contributed by atoms with Gasteiger partial charge >= 0.3 is 0 Å². The van der Waals surface area contributed by atoms with Crippen molar-refractivity contribution >= 4 is 0 Å². The molecule has 4 N–H and O–H groups in total. The zero-order valence-electron chi connectivity index (χ0n) is 7.91. The van der Waals surface area contributed by atoms with Gasteiger partial charge in [0.25, 0.3) is 0 Å². The summed E-state index contributed by atoms with van der Waals surface area (Å²) in [5.41, 5.74) is 0. The molecule has 1 heterocycles. The van der Waals surface area contributed by atoms with Gasteiger partial charge in [-0.3, -0.25) is 0 Å². The van der Waals surface area contributed by atoms with Crippen LogP contribution in [0.4, 0.5) is 0 Å². The van der Waals surface area contributed by atoms with Gasteiger partial charge in [0, 0.05) is 7.11 Å². The van der Waals surface area contributed by atoms with Gasteiger partial charge in [0.15, 0.2) is 6.29 Å². The van der Waals surface area contributed by atoms with Gasteiger partial charge in [-0.2, -0.15) is 0 Å². The lowest BCUT2D eigenvalue weighted by molar-refractivity contribution is -0.283. The smallest absolute Gasteiger partial charge is 0.165 e. The molecule has 1 saturated heterocycles. The molecule has 0 spiro atoms. The molecule has 1 rings (SSSR count). The van der Waals surface area contributed by atoms with Crippen molar-refractivity contribution in [2.24, 2.45) is 5.92 Å². The van der Waals surface area contributed by atoms with Crippen LogP contribution in [0.15, 0.2) is 0 Å². The van der Waals surface area contributed by atoms with Crippen LogP contribution in [0.25, 0.3) is 0 Å². The summed E-state index contributed by atoms with van der Waals surface area (Å²) in [5.74, 6) is -0.696. The molecule has 14 heavy (non-hydrogen) atoms. The summed E-state index contributed by atoms with van der Waals surface area (Å²) in [4.78, 5) is 0. The molecule has 0 amide bonds. The predicted octanol–water partition coefficient (Wildman–Crippen LogP) is -2.32. The molecule has 0 radical (unpaired) electrons. The van der Waals surface area contributed by atoms with Gasteiger partial charge in [0.1, 0.15) is 12.2 Å². The minimum atomic E-state index is -1.21. The maximum Gasteiger partial charge on any atom is 0.165 e. The fourth-order valence-electron chi connectivity index (χ4n) is 1.56. The largest absolute Gasteiger partial charge is 0.396 e. The number of ether oxygens (including phenoxy) is 2. The molecule has 6 heteroatoms. The Hall–Kier alpha value is -0.240. The standard InChI is InChI=1S/C8H16O6/c1-13-8-4(2-9)6(11)7(12)5(3-10)14-8/h4-12H,2-3H2,1H3/t4-,5-,6+,7-,8-/m0/s1. The van der Waals surface area contributed by atoms with Crippen molar-refractivity contribution in [3.8, 4) is 0 Å². The summed E-state index contributed by atoms with van der Waals surface area (Å²) in [7, 11) is 1.37. The monoisotopic (exact) mass is 208 g/mol. The van der Waals surface area contributed by atoms with Gasteiger partial charge in [-0.15, -0.1) is 0 Å². The van der Waals surface area contributed by atoms with Gasteiger partial charge in [-0.25, -0.2) is 0 Å². The minimum absolute atomic E-state index is 0.352. The first-order valence-electron chi connectivity index (χ1n) is 4.41. The Kier molecular flexibility index (Phi) is 4.24.